The van der Waals surface area contributed by atoms with E-state index in [1.54, 1.807) is 0 Å². The molecule has 2 aromatic heterocycles. The molecule has 0 unspecified atom stereocenters. The molecule has 3 heterocycles. The lowest BCUT2D eigenvalue weighted by atomic mass is 10.00. The van der Waals surface area contributed by atoms with E-state index >= 15 is 0 Å². The maximum atomic E-state index is 5.85. The molecule has 148 valence electrons. The van der Waals surface area contributed by atoms with Crippen molar-refractivity contribution in [3.8, 4) is 0 Å². The first-order valence-corrected chi connectivity index (χ1v) is 10.9. The van der Waals surface area contributed by atoms with Crippen molar-refractivity contribution in [3.63, 3.8) is 0 Å². The highest BCUT2D eigenvalue weighted by Crippen LogP contribution is 2.43. The first-order valence-electron chi connectivity index (χ1n) is 10.5. The fourth-order valence-electron chi connectivity index (χ4n) is 4.88. The Hall–Kier alpha value is -2.66. The first kappa shape index (κ1) is 18.4. The van der Waals surface area contributed by atoms with Gasteiger partial charge in [-0.15, -0.1) is 0 Å². The lowest BCUT2D eigenvalue weighted by molar-refractivity contribution is 0.461. The third-order valence-corrected chi connectivity index (χ3v) is 6.53. The molecular formula is C24H26N4S. The number of nitrogens with one attached hydrogen (secondary N) is 1. The van der Waals surface area contributed by atoms with Gasteiger partial charge in [0.05, 0.1) is 11.7 Å². The van der Waals surface area contributed by atoms with Gasteiger partial charge in [0.15, 0.2) is 5.11 Å². The minimum Gasteiger partial charge on any atom is -0.351 e. The van der Waals surface area contributed by atoms with Gasteiger partial charge in [0, 0.05) is 29.8 Å². The number of aromatic nitrogens is 2. The molecular weight excluding hydrogens is 376 g/mol. The maximum Gasteiger partial charge on any atom is 0.174 e. The smallest absolute Gasteiger partial charge is 0.174 e. The summed E-state index contributed by atoms with van der Waals surface area (Å²) < 4.78 is 2.49. The standard InChI is InChI=1S/C24H26N4S/c1-17-8-6-11-19(16-17)28-23(21-13-7-15-27(21)18-9-2-3-10-18)22(26-24(28)29)20-12-4-5-14-25-20/h4-8,11-16,18,22-23H,2-3,9-10H2,1H3,(H,26,29)/t22-,23-/m1/s1. The lowest BCUT2D eigenvalue weighted by Crippen LogP contribution is -2.30. The second-order valence-corrected chi connectivity index (χ2v) is 8.50. The average Bonchev–Trinajstić information content (AvgIpc) is 3.47. The second-order valence-electron chi connectivity index (χ2n) is 8.11. The summed E-state index contributed by atoms with van der Waals surface area (Å²) in [5.41, 5.74) is 4.69. The fourth-order valence-corrected chi connectivity index (χ4v) is 5.23. The lowest BCUT2D eigenvalue weighted by Gasteiger charge is -2.30. The van der Waals surface area contributed by atoms with E-state index in [0.29, 0.717) is 6.04 Å². The fraction of sp³-hybridized carbons (Fsp3) is 0.333. The number of rotatable bonds is 4. The summed E-state index contributed by atoms with van der Waals surface area (Å²) in [5.74, 6) is 0. The van der Waals surface area contributed by atoms with E-state index in [9.17, 15) is 0 Å². The molecule has 0 spiro atoms. The Morgan fingerprint density at radius 1 is 1.03 bits per heavy atom. The molecule has 1 saturated heterocycles. The Morgan fingerprint density at radius 3 is 2.66 bits per heavy atom. The average molecular weight is 403 g/mol. The van der Waals surface area contributed by atoms with Crippen molar-refractivity contribution in [3.05, 3.63) is 83.9 Å². The van der Waals surface area contributed by atoms with E-state index in [2.05, 4.69) is 81.4 Å². The van der Waals surface area contributed by atoms with Crippen LogP contribution in [0.15, 0.2) is 67.0 Å². The number of anilines is 1. The van der Waals surface area contributed by atoms with Crippen molar-refractivity contribution < 1.29 is 0 Å². The van der Waals surface area contributed by atoms with E-state index in [1.807, 2.05) is 12.3 Å². The van der Waals surface area contributed by atoms with Gasteiger partial charge in [-0.05, 0) is 73.9 Å². The van der Waals surface area contributed by atoms with Crippen LogP contribution in [-0.2, 0) is 0 Å². The summed E-state index contributed by atoms with van der Waals surface area (Å²) in [6.07, 6.45) is 9.25. The van der Waals surface area contributed by atoms with Crippen LogP contribution in [0.3, 0.4) is 0 Å². The van der Waals surface area contributed by atoms with Gasteiger partial charge in [-0.25, -0.2) is 0 Å². The molecule has 1 aromatic carbocycles. The third-order valence-electron chi connectivity index (χ3n) is 6.21. The number of pyridine rings is 1. The van der Waals surface area contributed by atoms with Gasteiger partial charge in [-0.1, -0.05) is 31.0 Å². The van der Waals surface area contributed by atoms with Gasteiger partial charge >= 0.3 is 0 Å². The minimum atomic E-state index is 0.0132. The maximum absolute atomic E-state index is 5.85. The summed E-state index contributed by atoms with van der Waals surface area (Å²) in [6.45, 7) is 2.13. The molecule has 1 saturated carbocycles. The molecule has 1 N–H and O–H groups in total. The Morgan fingerprint density at radius 2 is 1.90 bits per heavy atom. The molecule has 3 aromatic rings. The van der Waals surface area contributed by atoms with Gasteiger partial charge in [-0.2, -0.15) is 0 Å². The number of hydrogen-bond acceptors (Lipinski definition) is 2. The summed E-state index contributed by atoms with van der Waals surface area (Å²) in [7, 11) is 0. The van der Waals surface area contributed by atoms with Crippen LogP contribution >= 0.6 is 12.2 Å². The molecule has 0 bridgehead atoms. The summed E-state index contributed by atoms with van der Waals surface area (Å²) in [5, 5.41) is 4.34. The van der Waals surface area contributed by atoms with Crippen molar-refractivity contribution >= 4 is 23.0 Å². The third kappa shape index (κ3) is 3.33. The Bertz CT molecular complexity index is 1010. The number of nitrogens with zero attached hydrogens (tertiary/aromatic N) is 3. The van der Waals surface area contributed by atoms with Crippen LogP contribution in [0.1, 0.15) is 60.8 Å². The minimum absolute atomic E-state index is 0.0132. The quantitative estimate of drug-likeness (QED) is 0.586. The Kier molecular flexibility index (Phi) is 4.84. The predicted octanol–water partition coefficient (Wildman–Crippen LogP) is 5.48. The summed E-state index contributed by atoms with van der Waals surface area (Å²) in [6, 6.07) is 19.8. The SMILES string of the molecule is Cc1cccc(N2C(=S)N[C@H](c3ccccn3)[C@H]2c2cccn2C2CCCC2)c1. The number of aryl methyl sites for hydroxylation is 1. The van der Waals surface area contributed by atoms with Gasteiger partial charge < -0.3 is 14.8 Å². The molecule has 2 aliphatic rings. The van der Waals surface area contributed by atoms with E-state index < -0.39 is 0 Å². The molecule has 0 amide bonds. The largest absolute Gasteiger partial charge is 0.351 e. The van der Waals surface area contributed by atoms with Crippen LogP contribution in [0.2, 0.25) is 0 Å². The Labute approximate surface area is 177 Å². The van der Waals surface area contributed by atoms with Crippen molar-refractivity contribution in [1.29, 1.82) is 0 Å². The molecule has 1 aliphatic heterocycles. The zero-order chi connectivity index (χ0) is 19.8. The zero-order valence-electron chi connectivity index (χ0n) is 16.7. The van der Waals surface area contributed by atoms with Crippen molar-refractivity contribution in [2.24, 2.45) is 0 Å². The molecule has 1 aliphatic carbocycles. The van der Waals surface area contributed by atoms with E-state index in [0.717, 1.165) is 16.5 Å². The predicted molar refractivity (Wildman–Crippen MR) is 121 cm³/mol. The highest BCUT2D eigenvalue weighted by molar-refractivity contribution is 7.80. The summed E-state index contributed by atoms with van der Waals surface area (Å²) in [4.78, 5) is 6.95. The highest BCUT2D eigenvalue weighted by atomic mass is 32.1. The van der Waals surface area contributed by atoms with Crippen LogP contribution in [0, 0.1) is 6.92 Å². The number of hydrogen-bond donors (Lipinski definition) is 1. The molecule has 2 atom stereocenters. The molecule has 0 radical (unpaired) electrons. The zero-order valence-corrected chi connectivity index (χ0v) is 17.5. The van der Waals surface area contributed by atoms with E-state index in [1.165, 1.54) is 36.9 Å². The molecule has 2 fully saturated rings. The van der Waals surface area contributed by atoms with Crippen LogP contribution in [0.5, 0.6) is 0 Å². The second kappa shape index (κ2) is 7.64. The van der Waals surface area contributed by atoms with Gasteiger partial charge in [0.1, 0.15) is 6.04 Å². The van der Waals surface area contributed by atoms with Gasteiger partial charge in [-0.3, -0.25) is 4.98 Å². The van der Waals surface area contributed by atoms with Crippen molar-refractivity contribution in [2.75, 3.05) is 4.90 Å². The van der Waals surface area contributed by atoms with Crippen LogP contribution in [0.4, 0.5) is 5.69 Å². The van der Waals surface area contributed by atoms with Crippen LogP contribution < -0.4 is 10.2 Å². The monoisotopic (exact) mass is 402 g/mol. The van der Waals surface area contributed by atoms with Crippen LogP contribution in [0.25, 0.3) is 0 Å². The summed E-state index contributed by atoms with van der Waals surface area (Å²) >= 11 is 5.85. The number of thiocarbonyl (C=S) groups is 1. The Balaban J connectivity index is 1.63. The van der Waals surface area contributed by atoms with E-state index in [4.69, 9.17) is 12.2 Å². The van der Waals surface area contributed by atoms with Gasteiger partial charge in [0.2, 0.25) is 0 Å². The molecule has 5 heteroatoms. The molecule has 5 rings (SSSR count). The molecule has 29 heavy (non-hydrogen) atoms. The van der Waals surface area contributed by atoms with Crippen molar-refractivity contribution in [2.45, 2.75) is 50.7 Å². The number of benzene rings is 1. The van der Waals surface area contributed by atoms with E-state index in [-0.39, 0.29) is 12.1 Å². The topological polar surface area (TPSA) is 33.1 Å². The molecule has 4 nitrogen and oxygen atoms in total. The normalized spacial score (nSPS) is 22.2. The van der Waals surface area contributed by atoms with Gasteiger partial charge in [0.25, 0.3) is 0 Å². The van der Waals surface area contributed by atoms with Crippen LogP contribution in [-0.4, -0.2) is 14.7 Å². The van der Waals surface area contributed by atoms with Crippen molar-refractivity contribution in [1.82, 2.24) is 14.9 Å². The highest BCUT2D eigenvalue weighted by Gasteiger charge is 2.42. The first-order chi connectivity index (χ1) is 14.2.